The second-order valence-corrected chi connectivity index (χ2v) is 13.4. The van der Waals surface area contributed by atoms with E-state index in [1.165, 1.54) is 6.07 Å². The molecule has 0 aromatic heterocycles. The molecule has 9 nitrogen and oxygen atoms in total. The van der Waals surface area contributed by atoms with Crippen molar-refractivity contribution in [1.82, 2.24) is 0 Å². The first-order chi connectivity index (χ1) is 19.6. The molecule has 1 amide bonds. The highest BCUT2D eigenvalue weighted by Gasteiger charge is 2.75. The van der Waals surface area contributed by atoms with Gasteiger partial charge in [-0.25, -0.2) is 0 Å². The van der Waals surface area contributed by atoms with Gasteiger partial charge in [-0.05, 0) is 77.8 Å². The summed E-state index contributed by atoms with van der Waals surface area (Å²) in [5.41, 5.74) is 3.39. The highest BCUT2D eigenvalue weighted by molar-refractivity contribution is 6.09. The first kappa shape index (κ1) is 30.2. The van der Waals surface area contributed by atoms with Crippen LogP contribution in [0.3, 0.4) is 0 Å². The number of aryl methyl sites for hydroxylation is 2. The molecule has 2 aromatic rings. The van der Waals surface area contributed by atoms with Crippen LogP contribution in [0.5, 0.6) is 11.5 Å². The Morgan fingerprint density at radius 1 is 1.12 bits per heavy atom. The number of aliphatic hydroxyl groups excluding tert-OH is 2. The van der Waals surface area contributed by atoms with Crippen LogP contribution in [0.2, 0.25) is 0 Å². The summed E-state index contributed by atoms with van der Waals surface area (Å²) in [5, 5.41) is 46.3. The molecule has 2 saturated carbocycles. The highest BCUT2D eigenvalue weighted by Crippen LogP contribution is 2.65. The monoisotopic (exact) mass is 579 g/mol. The third-order valence-corrected chi connectivity index (χ3v) is 10.6. The number of hydrogen-bond acceptors (Lipinski definition) is 8. The number of methoxy groups -OCH3 is 1. The molecule has 226 valence electrons. The summed E-state index contributed by atoms with van der Waals surface area (Å²) in [4.78, 5) is 40.4. The molecule has 2 fully saturated rings. The SMILES string of the molecule is COc1cccc(CCc2ccc(O)c3c2C[C@]2(C)C[C@]4(C)[C@@H](C(C)C)C(O)[C@@H](C(N)=O)C(=O)[C@]4(O)C(O)[C@H]2C3=O)c1. The van der Waals surface area contributed by atoms with Crippen molar-refractivity contribution in [1.29, 1.82) is 0 Å². The number of phenolic OH excluding ortho intramolecular Hbond substituents is 1. The zero-order valence-corrected chi connectivity index (χ0v) is 24.8. The van der Waals surface area contributed by atoms with E-state index in [2.05, 4.69) is 0 Å². The molecule has 3 aliphatic carbocycles. The van der Waals surface area contributed by atoms with Crippen molar-refractivity contribution in [2.75, 3.05) is 7.11 Å². The van der Waals surface area contributed by atoms with Gasteiger partial charge in [0.2, 0.25) is 5.91 Å². The second kappa shape index (κ2) is 10.2. The van der Waals surface area contributed by atoms with Crippen molar-refractivity contribution in [2.45, 2.75) is 71.2 Å². The van der Waals surface area contributed by atoms with Crippen LogP contribution in [0.1, 0.15) is 61.2 Å². The number of carbonyl (C=O) groups excluding carboxylic acids is 3. The number of benzene rings is 2. The number of amides is 1. The molecule has 3 aliphatic rings. The van der Waals surface area contributed by atoms with Crippen molar-refractivity contribution < 1.29 is 39.5 Å². The molecule has 9 heteroatoms. The summed E-state index contributed by atoms with van der Waals surface area (Å²) < 4.78 is 5.34. The lowest BCUT2D eigenvalue weighted by atomic mass is 9.39. The summed E-state index contributed by atoms with van der Waals surface area (Å²) in [6.45, 7) is 7.16. The highest BCUT2D eigenvalue weighted by atomic mass is 16.5. The van der Waals surface area contributed by atoms with E-state index in [0.29, 0.717) is 24.8 Å². The lowest BCUT2D eigenvalue weighted by molar-refractivity contribution is -0.265. The normalized spacial score (nSPS) is 35.8. The number of ether oxygens (including phenoxy) is 1. The van der Waals surface area contributed by atoms with Gasteiger partial charge in [0.25, 0.3) is 0 Å². The molecule has 6 N–H and O–H groups in total. The van der Waals surface area contributed by atoms with Crippen LogP contribution in [-0.2, 0) is 28.9 Å². The van der Waals surface area contributed by atoms with Gasteiger partial charge < -0.3 is 30.9 Å². The van der Waals surface area contributed by atoms with E-state index >= 15 is 0 Å². The van der Waals surface area contributed by atoms with E-state index in [9.17, 15) is 34.8 Å². The fourth-order valence-corrected chi connectivity index (χ4v) is 8.94. The molecule has 0 radical (unpaired) electrons. The fraction of sp³-hybridized carbons (Fsp3) is 0.545. The van der Waals surface area contributed by atoms with Gasteiger partial charge in [0.15, 0.2) is 17.2 Å². The minimum Gasteiger partial charge on any atom is -0.507 e. The topological polar surface area (TPSA) is 167 Å². The first-order valence-electron chi connectivity index (χ1n) is 14.6. The molecule has 0 saturated heterocycles. The van der Waals surface area contributed by atoms with Gasteiger partial charge in [0, 0.05) is 5.41 Å². The molecule has 0 bridgehead atoms. The lowest BCUT2D eigenvalue weighted by Crippen LogP contribution is -2.79. The minimum atomic E-state index is -2.52. The van der Waals surface area contributed by atoms with Crippen molar-refractivity contribution in [2.24, 2.45) is 40.2 Å². The third kappa shape index (κ3) is 4.12. The van der Waals surface area contributed by atoms with Crippen LogP contribution in [0, 0.1) is 34.5 Å². The Morgan fingerprint density at radius 2 is 1.81 bits per heavy atom. The quantitative estimate of drug-likeness (QED) is 0.325. The van der Waals surface area contributed by atoms with Gasteiger partial charge in [-0.2, -0.15) is 0 Å². The van der Waals surface area contributed by atoms with Gasteiger partial charge in [0.1, 0.15) is 23.5 Å². The van der Waals surface area contributed by atoms with E-state index in [-0.39, 0.29) is 23.7 Å². The van der Waals surface area contributed by atoms with Crippen LogP contribution in [-0.4, -0.2) is 62.8 Å². The molecule has 2 unspecified atom stereocenters. The van der Waals surface area contributed by atoms with E-state index in [1.54, 1.807) is 14.0 Å². The number of aromatic hydroxyl groups is 1. The number of phenols is 1. The standard InChI is InChI=1S/C33H41NO8/c1-16(2)24-27(37)23(30(34)40)28(38)33(41)29(39)25-26(36)22-20(14-31(25,3)15-32(24,33)4)18(11-12-21(22)35)10-9-17-7-6-8-19(13-17)42-5/h6-8,11-13,16,23-25,27,29,35,37,39,41H,9-10,14-15H2,1-5H3,(H2,34,40)/t23-,24+,25-,27?,29?,31-,32-,33+/m1/s1. The Hall–Kier alpha value is -3.27. The first-order valence-corrected chi connectivity index (χ1v) is 14.6. The Balaban J connectivity index is 1.61. The number of hydrogen-bond donors (Lipinski definition) is 5. The molecule has 0 heterocycles. The van der Waals surface area contributed by atoms with Crippen molar-refractivity contribution in [3.63, 3.8) is 0 Å². The van der Waals surface area contributed by atoms with Crippen LogP contribution in [0.15, 0.2) is 36.4 Å². The van der Waals surface area contributed by atoms with Gasteiger partial charge >= 0.3 is 0 Å². The smallest absolute Gasteiger partial charge is 0.230 e. The van der Waals surface area contributed by atoms with Gasteiger partial charge in [-0.15, -0.1) is 0 Å². The van der Waals surface area contributed by atoms with E-state index < -0.39 is 63.9 Å². The summed E-state index contributed by atoms with van der Waals surface area (Å²) in [7, 11) is 1.61. The molecule has 0 aliphatic heterocycles. The minimum absolute atomic E-state index is 0.0852. The summed E-state index contributed by atoms with van der Waals surface area (Å²) in [5.74, 6) is -6.23. The number of ketones is 2. The maximum atomic E-state index is 14.2. The Morgan fingerprint density at radius 3 is 2.43 bits per heavy atom. The Bertz CT molecular complexity index is 1450. The fourth-order valence-electron chi connectivity index (χ4n) is 8.94. The third-order valence-electron chi connectivity index (χ3n) is 10.6. The van der Waals surface area contributed by atoms with Crippen LogP contribution in [0.25, 0.3) is 0 Å². The van der Waals surface area contributed by atoms with Gasteiger partial charge in [-0.1, -0.05) is 45.9 Å². The van der Waals surface area contributed by atoms with Crippen molar-refractivity contribution >= 4 is 17.5 Å². The number of rotatable bonds is 6. The van der Waals surface area contributed by atoms with Crippen LogP contribution >= 0.6 is 0 Å². The van der Waals surface area contributed by atoms with E-state index in [0.717, 1.165) is 16.9 Å². The Kier molecular flexibility index (Phi) is 7.32. The average Bonchev–Trinajstić information content (AvgIpc) is 2.90. The maximum Gasteiger partial charge on any atom is 0.230 e. The molecular formula is C33H41NO8. The molecule has 8 atom stereocenters. The number of carbonyl (C=O) groups is 3. The number of aliphatic hydroxyl groups is 3. The number of primary amides is 1. The van der Waals surface area contributed by atoms with E-state index in [4.69, 9.17) is 10.5 Å². The van der Waals surface area contributed by atoms with Crippen molar-refractivity contribution in [3.05, 3.63) is 58.7 Å². The molecular weight excluding hydrogens is 538 g/mol. The predicted octanol–water partition coefficient (Wildman–Crippen LogP) is 2.37. The van der Waals surface area contributed by atoms with Crippen LogP contribution < -0.4 is 10.5 Å². The Labute approximate surface area is 245 Å². The van der Waals surface area contributed by atoms with Gasteiger partial charge in [-0.3, -0.25) is 14.4 Å². The number of fused-ring (bicyclic) bond motifs is 3. The van der Waals surface area contributed by atoms with E-state index in [1.807, 2.05) is 51.1 Å². The zero-order chi connectivity index (χ0) is 30.9. The summed E-state index contributed by atoms with van der Waals surface area (Å²) in [6.07, 6.45) is -1.68. The summed E-state index contributed by atoms with van der Waals surface area (Å²) in [6, 6.07) is 11.0. The zero-order valence-electron chi connectivity index (χ0n) is 24.8. The second-order valence-electron chi connectivity index (χ2n) is 13.4. The lowest BCUT2D eigenvalue weighted by Gasteiger charge is -2.66. The molecule has 2 aromatic carbocycles. The van der Waals surface area contributed by atoms with Gasteiger partial charge in [0.05, 0.1) is 24.7 Å². The molecule has 0 spiro atoms. The average molecular weight is 580 g/mol. The summed E-state index contributed by atoms with van der Waals surface area (Å²) >= 11 is 0. The number of nitrogens with two attached hydrogens (primary N) is 1. The maximum absolute atomic E-state index is 14.2. The number of Topliss-reactive ketones (excluding diaryl/α,β-unsaturated/α-hetero) is 2. The van der Waals surface area contributed by atoms with Crippen molar-refractivity contribution in [3.8, 4) is 11.5 Å². The predicted molar refractivity (Wildman–Crippen MR) is 154 cm³/mol. The van der Waals surface area contributed by atoms with Crippen LogP contribution in [0.4, 0.5) is 0 Å². The molecule has 42 heavy (non-hydrogen) atoms. The largest absolute Gasteiger partial charge is 0.507 e. The molecule has 5 rings (SSSR count).